The maximum atomic E-state index is 12.5. The fourth-order valence-electron chi connectivity index (χ4n) is 1.82. The Morgan fingerprint density at radius 3 is 2.86 bits per heavy atom. The average Bonchev–Trinajstić information content (AvgIpc) is 2.39. The van der Waals surface area contributed by atoms with Gasteiger partial charge in [0.15, 0.2) is 5.16 Å². The quantitative estimate of drug-likeness (QED) is 0.521. The minimum absolute atomic E-state index is 0.130. The molecule has 1 heterocycles. The molecule has 0 spiro atoms. The van der Waals surface area contributed by atoms with Crippen molar-refractivity contribution in [2.45, 2.75) is 31.1 Å². The molecule has 1 N–H and O–H groups in total. The zero-order valence-electron chi connectivity index (χ0n) is 12.0. The van der Waals surface area contributed by atoms with Crippen molar-refractivity contribution in [1.29, 1.82) is 0 Å². The summed E-state index contributed by atoms with van der Waals surface area (Å²) < 4.78 is 1.56. The van der Waals surface area contributed by atoms with Crippen LogP contribution in [-0.2, 0) is 6.54 Å². The fraction of sp³-hybridized carbons (Fsp3) is 0.333. The van der Waals surface area contributed by atoms with E-state index < -0.39 is 5.60 Å². The molecule has 0 fully saturated rings. The molecule has 0 amide bonds. The summed E-state index contributed by atoms with van der Waals surface area (Å²) in [4.78, 5) is 17.0. The number of allylic oxidation sites excluding steroid dienone is 1. The minimum atomic E-state index is -0.843. The highest BCUT2D eigenvalue weighted by Gasteiger charge is 2.17. The number of nitrogens with zero attached hydrogens (tertiary/aromatic N) is 2. The molecule has 4 nitrogen and oxygen atoms in total. The summed E-state index contributed by atoms with van der Waals surface area (Å²) in [6.45, 7) is 7.48. The highest BCUT2D eigenvalue weighted by Crippen LogP contribution is 2.23. The van der Waals surface area contributed by atoms with Crippen molar-refractivity contribution in [3.05, 3.63) is 46.2 Å². The van der Waals surface area contributed by atoms with E-state index in [1.807, 2.05) is 0 Å². The van der Waals surface area contributed by atoms with Crippen molar-refractivity contribution < 1.29 is 5.11 Å². The zero-order chi connectivity index (χ0) is 15.6. The highest BCUT2D eigenvalue weighted by molar-refractivity contribution is 7.99. The van der Waals surface area contributed by atoms with Crippen molar-refractivity contribution in [2.75, 3.05) is 5.75 Å². The van der Waals surface area contributed by atoms with E-state index >= 15 is 0 Å². The third kappa shape index (κ3) is 3.87. The van der Waals surface area contributed by atoms with E-state index in [0.717, 1.165) is 0 Å². The minimum Gasteiger partial charge on any atom is -0.390 e. The van der Waals surface area contributed by atoms with Crippen molar-refractivity contribution in [2.24, 2.45) is 0 Å². The van der Waals surface area contributed by atoms with Crippen molar-refractivity contribution in [1.82, 2.24) is 9.55 Å². The molecule has 0 aliphatic heterocycles. The van der Waals surface area contributed by atoms with Crippen LogP contribution in [0.1, 0.15) is 13.8 Å². The molecule has 2 aromatic rings. The lowest BCUT2D eigenvalue weighted by Crippen LogP contribution is -2.26. The monoisotopic (exact) mass is 324 g/mol. The molecule has 1 aromatic carbocycles. The van der Waals surface area contributed by atoms with Crippen molar-refractivity contribution in [3.63, 3.8) is 0 Å². The van der Waals surface area contributed by atoms with E-state index in [4.69, 9.17) is 11.6 Å². The summed E-state index contributed by atoms with van der Waals surface area (Å²) in [5.41, 5.74) is -0.411. The smallest absolute Gasteiger partial charge is 0.262 e. The van der Waals surface area contributed by atoms with Crippen molar-refractivity contribution in [3.8, 4) is 0 Å². The Kier molecular flexibility index (Phi) is 4.76. The Bertz CT molecular complexity index is 735. The van der Waals surface area contributed by atoms with E-state index in [-0.39, 0.29) is 5.56 Å². The van der Waals surface area contributed by atoms with Crippen LogP contribution in [0.4, 0.5) is 0 Å². The predicted molar refractivity (Wildman–Crippen MR) is 88.2 cm³/mol. The molecule has 1 aromatic heterocycles. The van der Waals surface area contributed by atoms with Gasteiger partial charge in [0.05, 0.1) is 16.5 Å². The van der Waals surface area contributed by atoms with Gasteiger partial charge in [-0.05, 0) is 32.0 Å². The van der Waals surface area contributed by atoms with Gasteiger partial charge in [0.25, 0.3) is 5.56 Å². The van der Waals surface area contributed by atoms with E-state index in [1.54, 1.807) is 42.7 Å². The van der Waals surface area contributed by atoms with Gasteiger partial charge in [-0.25, -0.2) is 4.98 Å². The number of fused-ring (bicyclic) bond motifs is 1. The van der Waals surface area contributed by atoms with E-state index in [0.29, 0.717) is 33.4 Å². The molecule has 0 unspecified atom stereocenters. The zero-order valence-corrected chi connectivity index (χ0v) is 13.5. The van der Waals surface area contributed by atoms with Crippen LogP contribution in [0.5, 0.6) is 0 Å². The molecule has 0 saturated carbocycles. The fourth-order valence-corrected chi connectivity index (χ4v) is 2.94. The van der Waals surface area contributed by atoms with Gasteiger partial charge >= 0.3 is 0 Å². The number of benzene rings is 1. The predicted octanol–water partition coefficient (Wildman–Crippen LogP) is 3.10. The number of halogens is 1. The Morgan fingerprint density at radius 2 is 2.24 bits per heavy atom. The number of aliphatic hydroxyl groups is 1. The molecular formula is C15H17ClN2O2S. The van der Waals surface area contributed by atoms with Gasteiger partial charge in [-0.3, -0.25) is 9.36 Å². The highest BCUT2D eigenvalue weighted by atomic mass is 35.5. The first-order valence-electron chi connectivity index (χ1n) is 6.48. The van der Waals surface area contributed by atoms with Crippen LogP contribution in [0.25, 0.3) is 10.9 Å². The summed E-state index contributed by atoms with van der Waals surface area (Å²) in [5, 5.41) is 11.5. The van der Waals surface area contributed by atoms with Crippen LogP contribution in [0.3, 0.4) is 0 Å². The normalized spacial score (nSPS) is 11.8. The molecule has 0 aliphatic rings. The summed E-state index contributed by atoms with van der Waals surface area (Å²) in [6.07, 6.45) is 1.65. The standard InChI is InChI=1S/C15H17ClN2O2S/c1-4-7-18-13(19)11-6-5-10(16)8-12(11)17-14(18)21-9-15(2,3)20/h4-6,8,20H,1,7,9H2,2-3H3. The lowest BCUT2D eigenvalue weighted by molar-refractivity contribution is 0.107. The van der Waals surface area contributed by atoms with Crippen molar-refractivity contribution >= 4 is 34.3 Å². The Hall–Kier alpha value is -1.30. The molecule has 0 radical (unpaired) electrons. The third-order valence-corrected chi connectivity index (χ3v) is 4.40. The van der Waals surface area contributed by atoms with Crippen LogP contribution in [0, 0.1) is 0 Å². The average molecular weight is 325 g/mol. The van der Waals surface area contributed by atoms with Crippen LogP contribution >= 0.6 is 23.4 Å². The molecule has 0 bridgehead atoms. The van der Waals surface area contributed by atoms with Gasteiger partial charge in [0.1, 0.15) is 0 Å². The summed E-state index contributed by atoms with van der Waals surface area (Å²) in [6, 6.07) is 5.02. The maximum absolute atomic E-state index is 12.5. The Labute approximate surface area is 132 Å². The SMILES string of the molecule is C=CCn1c(SCC(C)(C)O)nc2cc(Cl)ccc2c1=O. The van der Waals surface area contributed by atoms with E-state index in [1.165, 1.54) is 11.8 Å². The number of hydrogen-bond acceptors (Lipinski definition) is 4. The first kappa shape index (κ1) is 16.1. The largest absolute Gasteiger partial charge is 0.390 e. The molecule has 112 valence electrons. The molecule has 0 aliphatic carbocycles. The Balaban J connectivity index is 2.58. The third-order valence-electron chi connectivity index (χ3n) is 2.75. The van der Waals surface area contributed by atoms with Gasteiger partial charge in [-0.2, -0.15) is 0 Å². The van der Waals surface area contributed by atoms with Gasteiger partial charge < -0.3 is 5.11 Å². The molecule has 0 atom stereocenters. The molecule has 2 rings (SSSR count). The summed E-state index contributed by atoms with van der Waals surface area (Å²) in [7, 11) is 0. The summed E-state index contributed by atoms with van der Waals surface area (Å²) >= 11 is 7.30. The Morgan fingerprint density at radius 1 is 1.52 bits per heavy atom. The number of rotatable bonds is 5. The molecular weight excluding hydrogens is 308 g/mol. The van der Waals surface area contributed by atoms with Gasteiger partial charge in [0.2, 0.25) is 0 Å². The lowest BCUT2D eigenvalue weighted by atomic mass is 10.2. The number of aromatic nitrogens is 2. The maximum Gasteiger partial charge on any atom is 0.262 e. The number of hydrogen-bond donors (Lipinski definition) is 1. The van der Waals surface area contributed by atoms with Gasteiger partial charge in [-0.1, -0.05) is 29.4 Å². The van der Waals surface area contributed by atoms with Crippen LogP contribution in [-0.4, -0.2) is 26.0 Å². The molecule has 21 heavy (non-hydrogen) atoms. The first-order chi connectivity index (χ1) is 9.81. The van der Waals surface area contributed by atoms with E-state index in [9.17, 15) is 9.90 Å². The summed E-state index contributed by atoms with van der Waals surface area (Å²) in [5.74, 6) is 0.433. The van der Waals surface area contributed by atoms with E-state index in [2.05, 4.69) is 11.6 Å². The second-order valence-corrected chi connectivity index (χ2v) is 6.74. The van der Waals surface area contributed by atoms with Crippen LogP contribution in [0.2, 0.25) is 5.02 Å². The topological polar surface area (TPSA) is 55.1 Å². The van der Waals surface area contributed by atoms with Crippen LogP contribution < -0.4 is 5.56 Å². The first-order valence-corrected chi connectivity index (χ1v) is 7.84. The molecule has 6 heteroatoms. The second kappa shape index (κ2) is 6.22. The number of thioether (sulfide) groups is 1. The van der Waals surface area contributed by atoms with Gasteiger partial charge in [0, 0.05) is 17.3 Å². The lowest BCUT2D eigenvalue weighted by Gasteiger charge is -2.18. The van der Waals surface area contributed by atoms with Gasteiger partial charge in [-0.15, -0.1) is 6.58 Å². The molecule has 0 saturated heterocycles. The van der Waals surface area contributed by atoms with Crippen LogP contribution in [0.15, 0.2) is 40.8 Å². The second-order valence-electron chi connectivity index (χ2n) is 5.36.